The maximum absolute atomic E-state index is 13.8. The van der Waals surface area contributed by atoms with Crippen molar-refractivity contribution < 1.29 is 35.8 Å². The number of amides is 1. The third-order valence-electron chi connectivity index (χ3n) is 7.02. The van der Waals surface area contributed by atoms with Crippen LogP contribution in [0.1, 0.15) is 30.1 Å². The molecule has 0 bridgehead atoms. The van der Waals surface area contributed by atoms with Crippen molar-refractivity contribution in [1.82, 2.24) is 13.9 Å². The first-order valence-corrected chi connectivity index (χ1v) is 15.8. The number of alkyl halides is 2. The van der Waals surface area contributed by atoms with Crippen LogP contribution in [0.4, 0.5) is 8.78 Å². The van der Waals surface area contributed by atoms with E-state index in [4.69, 9.17) is 0 Å². The summed E-state index contributed by atoms with van der Waals surface area (Å²) < 4.78 is 79.1. The monoisotopic (exact) mass is 607 g/mol. The number of imidazole rings is 1. The first-order valence-electron chi connectivity index (χ1n) is 12.5. The number of halogens is 2. The standard InChI is InChI=1S/C27H27F2N3O7S2/c1-27(12-14-40(35,36)15-13-27)30-24(33)18-10-11-22-23(16-18)32(41(37,38)21-8-3-2-4-9-21)26(34)31(22)19-6-5-7-20(17-19)39-25(28)29/h2-11,16-17,25,35-36H,12-15H2,1H3,(H,30,33). The molecule has 5 rings (SSSR count). The molecule has 1 amide bonds. The number of carbonyl (C=O) groups is 1. The van der Waals surface area contributed by atoms with Crippen molar-refractivity contribution in [3.63, 3.8) is 0 Å². The van der Waals surface area contributed by atoms with Gasteiger partial charge in [-0.3, -0.25) is 18.5 Å². The molecule has 1 fully saturated rings. The Balaban J connectivity index is 1.65. The Morgan fingerprint density at radius 1 is 1.00 bits per heavy atom. The number of benzene rings is 3. The molecule has 0 radical (unpaired) electrons. The van der Waals surface area contributed by atoms with Crippen molar-refractivity contribution in [3.8, 4) is 11.4 Å². The highest BCUT2D eigenvalue weighted by atomic mass is 32.3. The molecule has 1 saturated heterocycles. The number of aromatic nitrogens is 2. The largest absolute Gasteiger partial charge is 0.435 e. The van der Waals surface area contributed by atoms with Gasteiger partial charge < -0.3 is 10.1 Å². The first-order chi connectivity index (χ1) is 19.3. The molecule has 3 aromatic carbocycles. The van der Waals surface area contributed by atoms with Crippen LogP contribution in [0.3, 0.4) is 0 Å². The maximum atomic E-state index is 13.8. The highest BCUT2D eigenvalue weighted by Gasteiger charge is 2.35. The van der Waals surface area contributed by atoms with E-state index in [1.54, 1.807) is 13.0 Å². The minimum Gasteiger partial charge on any atom is -0.435 e. The molecule has 1 aliphatic rings. The second-order valence-electron chi connectivity index (χ2n) is 10.0. The summed E-state index contributed by atoms with van der Waals surface area (Å²) in [5.41, 5.74) is -1.57. The quantitative estimate of drug-likeness (QED) is 0.278. The number of rotatable bonds is 7. The van der Waals surface area contributed by atoms with Gasteiger partial charge in [0, 0.05) is 28.7 Å². The van der Waals surface area contributed by atoms with Crippen LogP contribution in [0.5, 0.6) is 5.75 Å². The Kier molecular flexibility index (Phi) is 7.44. The van der Waals surface area contributed by atoms with E-state index in [1.165, 1.54) is 66.7 Å². The van der Waals surface area contributed by atoms with Gasteiger partial charge >= 0.3 is 12.3 Å². The van der Waals surface area contributed by atoms with E-state index in [1.807, 2.05) is 0 Å². The second-order valence-corrected chi connectivity index (χ2v) is 14.2. The molecule has 14 heteroatoms. The Hall–Kier alpha value is -3.72. The second kappa shape index (κ2) is 10.6. The van der Waals surface area contributed by atoms with Crippen LogP contribution in [0, 0.1) is 0 Å². The van der Waals surface area contributed by atoms with E-state index in [0.717, 1.165) is 4.57 Å². The summed E-state index contributed by atoms with van der Waals surface area (Å²) in [6.45, 7) is -1.32. The summed E-state index contributed by atoms with van der Waals surface area (Å²) in [4.78, 5) is 26.9. The minimum atomic E-state index is -4.46. The Bertz CT molecular complexity index is 1780. The van der Waals surface area contributed by atoms with Crippen molar-refractivity contribution in [2.24, 2.45) is 0 Å². The van der Waals surface area contributed by atoms with Gasteiger partial charge in [-0.1, -0.05) is 24.3 Å². The van der Waals surface area contributed by atoms with Crippen molar-refractivity contribution >= 4 is 37.6 Å². The van der Waals surface area contributed by atoms with Gasteiger partial charge in [-0.15, -0.1) is 0 Å². The number of fused-ring (bicyclic) bond motifs is 1. The molecule has 218 valence electrons. The molecule has 0 unspecified atom stereocenters. The number of ether oxygens (including phenoxy) is 1. The van der Waals surface area contributed by atoms with Gasteiger partial charge in [0.1, 0.15) is 5.75 Å². The summed E-state index contributed by atoms with van der Waals surface area (Å²) in [5, 5.41) is 2.90. The normalized spacial score (nSPS) is 17.3. The van der Waals surface area contributed by atoms with E-state index in [0.29, 0.717) is 16.8 Å². The molecule has 0 spiro atoms. The lowest BCUT2D eigenvalue weighted by molar-refractivity contribution is -0.0498. The number of carbonyl (C=O) groups excluding carboxylic acids is 1. The van der Waals surface area contributed by atoms with Crippen molar-refractivity contribution in [3.05, 3.63) is 88.8 Å². The van der Waals surface area contributed by atoms with E-state index < -0.39 is 44.4 Å². The fourth-order valence-electron chi connectivity index (χ4n) is 4.77. The van der Waals surface area contributed by atoms with E-state index in [2.05, 4.69) is 10.1 Å². The molecule has 1 aromatic heterocycles. The van der Waals surface area contributed by atoms with Crippen molar-refractivity contribution in [2.75, 3.05) is 11.5 Å². The molecule has 3 N–H and O–H groups in total. The van der Waals surface area contributed by atoms with Crippen LogP contribution in [-0.4, -0.2) is 55.6 Å². The number of nitrogens with one attached hydrogen (secondary N) is 1. The van der Waals surface area contributed by atoms with Crippen LogP contribution in [0.25, 0.3) is 16.7 Å². The molecular formula is C27H27F2N3O7S2. The zero-order valence-electron chi connectivity index (χ0n) is 21.7. The number of hydrogen-bond acceptors (Lipinski definition) is 7. The van der Waals surface area contributed by atoms with Crippen LogP contribution < -0.4 is 15.7 Å². The van der Waals surface area contributed by atoms with Gasteiger partial charge in [-0.25, -0.2) is 13.2 Å². The Morgan fingerprint density at radius 3 is 2.34 bits per heavy atom. The number of hydrogen-bond donors (Lipinski definition) is 3. The molecule has 0 aliphatic carbocycles. The van der Waals surface area contributed by atoms with Crippen molar-refractivity contribution in [2.45, 2.75) is 36.8 Å². The molecule has 10 nitrogen and oxygen atoms in total. The summed E-state index contributed by atoms with van der Waals surface area (Å²) in [5.74, 6) is -0.475. The molecule has 0 saturated carbocycles. The molecule has 0 atom stereocenters. The lowest BCUT2D eigenvalue weighted by Crippen LogP contribution is -2.50. The highest BCUT2D eigenvalue weighted by molar-refractivity contribution is 8.24. The summed E-state index contributed by atoms with van der Waals surface area (Å²) in [6, 6.07) is 16.7. The van der Waals surface area contributed by atoms with Crippen LogP contribution in [0.15, 0.2) is 82.5 Å². The topological polar surface area (TPSA) is 140 Å². The van der Waals surface area contributed by atoms with Gasteiger partial charge in [-0.2, -0.15) is 23.3 Å². The van der Waals surface area contributed by atoms with E-state index in [-0.39, 0.29) is 44.4 Å². The first kappa shape index (κ1) is 28.8. The van der Waals surface area contributed by atoms with Gasteiger partial charge in [0.05, 0.1) is 21.6 Å². The van der Waals surface area contributed by atoms with Gasteiger partial charge in [0.15, 0.2) is 0 Å². The fraction of sp³-hybridized carbons (Fsp3) is 0.259. The Labute approximate surface area is 235 Å². The zero-order valence-corrected chi connectivity index (χ0v) is 23.4. The van der Waals surface area contributed by atoms with E-state index in [9.17, 15) is 35.9 Å². The van der Waals surface area contributed by atoms with Crippen LogP contribution in [-0.2, 0) is 10.0 Å². The number of nitrogens with zero attached hydrogens (tertiary/aromatic N) is 2. The lowest BCUT2D eigenvalue weighted by Gasteiger charge is -2.44. The smallest absolute Gasteiger partial charge is 0.387 e. The van der Waals surface area contributed by atoms with Crippen LogP contribution >= 0.6 is 10.6 Å². The molecular weight excluding hydrogens is 580 g/mol. The van der Waals surface area contributed by atoms with Gasteiger partial charge in [-0.05, 0) is 62.2 Å². The Morgan fingerprint density at radius 2 is 1.68 bits per heavy atom. The highest BCUT2D eigenvalue weighted by Crippen LogP contribution is 2.46. The summed E-state index contributed by atoms with van der Waals surface area (Å²) in [7, 11) is -7.14. The predicted octanol–water partition coefficient (Wildman–Crippen LogP) is 4.66. The fourth-order valence-corrected chi connectivity index (χ4v) is 7.93. The van der Waals surface area contributed by atoms with Gasteiger partial charge in [0.25, 0.3) is 15.9 Å². The third-order valence-corrected chi connectivity index (χ3v) is 10.4. The van der Waals surface area contributed by atoms with Crippen LogP contribution in [0.2, 0.25) is 0 Å². The average molecular weight is 608 g/mol. The lowest BCUT2D eigenvalue weighted by atomic mass is 9.94. The molecule has 41 heavy (non-hydrogen) atoms. The minimum absolute atomic E-state index is 0.0693. The van der Waals surface area contributed by atoms with Crippen molar-refractivity contribution in [1.29, 1.82) is 0 Å². The average Bonchev–Trinajstić information content (AvgIpc) is 3.22. The molecule has 4 aromatic rings. The summed E-state index contributed by atoms with van der Waals surface area (Å²) in [6.07, 6.45) is 0.674. The molecule has 2 heterocycles. The maximum Gasteiger partial charge on any atom is 0.387 e. The van der Waals surface area contributed by atoms with E-state index >= 15 is 0 Å². The summed E-state index contributed by atoms with van der Waals surface area (Å²) >= 11 is 0. The zero-order chi connectivity index (χ0) is 29.6. The predicted molar refractivity (Wildman–Crippen MR) is 151 cm³/mol. The third kappa shape index (κ3) is 5.73. The molecule has 1 aliphatic heterocycles. The van der Waals surface area contributed by atoms with Gasteiger partial charge in [0.2, 0.25) is 0 Å². The SMILES string of the molecule is CC1(NC(=O)c2ccc3c(c2)n(S(=O)(=O)c2ccccc2)c(=O)n3-c2cccc(OC(F)F)c2)CCS(O)(O)CC1.